The Morgan fingerprint density at radius 2 is 1.70 bits per heavy atom. The molecular formula is C23H28N2O2. The van der Waals surface area contributed by atoms with Crippen LogP contribution in [0.1, 0.15) is 49.9 Å². The Kier molecular flexibility index (Phi) is 5.94. The number of aryl methyl sites for hydroxylation is 2. The van der Waals surface area contributed by atoms with Crippen molar-refractivity contribution in [2.45, 2.75) is 46.1 Å². The average Bonchev–Trinajstić information content (AvgIpc) is 3.09. The number of nitrogens with one attached hydrogen (secondary N) is 1. The van der Waals surface area contributed by atoms with Gasteiger partial charge in [-0.25, -0.2) is 0 Å². The smallest absolute Gasteiger partial charge is 0.227 e. The minimum atomic E-state index is -0.307. The molecule has 0 aliphatic carbocycles. The van der Waals surface area contributed by atoms with Gasteiger partial charge in [-0.15, -0.1) is 0 Å². The average molecular weight is 364 g/mol. The highest BCUT2D eigenvalue weighted by Crippen LogP contribution is 2.32. The van der Waals surface area contributed by atoms with Gasteiger partial charge in [0.2, 0.25) is 11.8 Å². The van der Waals surface area contributed by atoms with E-state index in [0.717, 1.165) is 24.1 Å². The summed E-state index contributed by atoms with van der Waals surface area (Å²) in [6.45, 7) is 6.63. The number of amides is 2. The van der Waals surface area contributed by atoms with Crippen molar-refractivity contribution < 1.29 is 9.59 Å². The second kappa shape index (κ2) is 8.38. The highest BCUT2D eigenvalue weighted by atomic mass is 16.2. The summed E-state index contributed by atoms with van der Waals surface area (Å²) >= 11 is 0. The first kappa shape index (κ1) is 19.2. The fourth-order valence-corrected chi connectivity index (χ4v) is 3.82. The Balaban J connectivity index is 1.75. The van der Waals surface area contributed by atoms with E-state index in [0.29, 0.717) is 6.54 Å². The lowest BCUT2D eigenvalue weighted by atomic mass is 10.0. The van der Waals surface area contributed by atoms with Crippen molar-refractivity contribution in [1.82, 2.24) is 5.32 Å². The zero-order valence-electron chi connectivity index (χ0n) is 16.4. The van der Waals surface area contributed by atoms with Gasteiger partial charge >= 0.3 is 0 Å². The largest absolute Gasteiger partial charge is 0.349 e. The molecule has 2 aromatic carbocycles. The van der Waals surface area contributed by atoms with E-state index in [1.165, 1.54) is 11.1 Å². The van der Waals surface area contributed by atoms with E-state index in [2.05, 4.69) is 31.3 Å². The monoisotopic (exact) mass is 364 g/mol. The number of nitrogens with zero attached hydrogens (tertiary/aromatic N) is 1. The molecule has 0 unspecified atom stereocenters. The number of para-hydroxylation sites is 1. The maximum Gasteiger partial charge on any atom is 0.227 e. The highest BCUT2D eigenvalue weighted by Gasteiger charge is 2.36. The van der Waals surface area contributed by atoms with Crippen LogP contribution in [0, 0.1) is 5.92 Å². The van der Waals surface area contributed by atoms with Crippen LogP contribution in [0.5, 0.6) is 0 Å². The molecular weight excluding hydrogens is 336 g/mol. The molecule has 0 saturated carbocycles. The second-order valence-electron chi connectivity index (χ2n) is 7.18. The normalized spacial score (nSPS) is 17.8. The minimum absolute atomic E-state index is 0.0399. The number of rotatable bonds is 6. The SMILES string of the molecule is CCc1cccc(CC)c1N1C[C@@H](C(=O)N[C@@H](C)c2ccccc2)CC1=O. The third-order valence-corrected chi connectivity index (χ3v) is 5.39. The van der Waals surface area contributed by atoms with E-state index in [-0.39, 0.29) is 30.2 Å². The van der Waals surface area contributed by atoms with E-state index >= 15 is 0 Å². The molecule has 27 heavy (non-hydrogen) atoms. The molecule has 1 N–H and O–H groups in total. The maximum atomic E-state index is 12.8. The summed E-state index contributed by atoms with van der Waals surface area (Å²) < 4.78 is 0. The summed E-state index contributed by atoms with van der Waals surface area (Å²) in [4.78, 5) is 27.3. The van der Waals surface area contributed by atoms with Crippen LogP contribution in [0.15, 0.2) is 48.5 Å². The van der Waals surface area contributed by atoms with Crippen LogP contribution >= 0.6 is 0 Å². The van der Waals surface area contributed by atoms with Gasteiger partial charge in [-0.3, -0.25) is 9.59 Å². The van der Waals surface area contributed by atoms with E-state index < -0.39 is 0 Å². The van der Waals surface area contributed by atoms with Gasteiger partial charge in [-0.05, 0) is 36.5 Å². The van der Waals surface area contributed by atoms with Gasteiger partial charge in [-0.1, -0.05) is 62.4 Å². The van der Waals surface area contributed by atoms with Crippen LogP contribution in [0.4, 0.5) is 5.69 Å². The van der Waals surface area contributed by atoms with Crippen molar-refractivity contribution in [3.8, 4) is 0 Å². The van der Waals surface area contributed by atoms with Crippen molar-refractivity contribution in [1.29, 1.82) is 0 Å². The van der Waals surface area contributed by atoms with Gasteiger partial charge in [-0.2, -0.15) is 0 Å². The van der Waals surface area contributed by atoms with Crippen molar-refractivity contribution in [2.75, 3.05) is 11.4 Å². The molecule has 1 fully saturated rings. The first-order valence-corrected chi connectivity index (χ1v) is 9.81. The molecule has 142 valence electrons. The Morgan fingerprint density at radius 3 is 2.30 bits per heavy atom. The lowest BCUT2D eigenvalue weighted by Gasteiger charge is -2.23. The minimum Gasteiger partial charge on any atom is -0.349 e. The van der Waals surface area contributed by atoms with Crippen molar-refractivity contribution >= 4 is 17.5 Å². The van der Waals surface area contributed by atoms with E-state index in [9.17, 15) is 9.59 Å². The van der Waals surface area contributed by atoms with Crippen LogP contribution in [0.3, 0.4) is 0 Å². The molecule has 0 aromatic heterocycles. The Hall–Kier alpha value is -2.62. The third-order valence-electron chi connectivity index (χ3n) is 5.39. The van der Waals surface area contributed by atoms with E-state index in [1.54, 1.807) is 0 Å². The molecule has 4 heteroatoms. The predicted octanol–water partition coefficient (Wildman–Crippen LogP) is 4.04. The number of carbonyl (C=O) groups excluding carboxylic acids is 2. The van der Waals surface area contributed by atoms with E-state index in [4.69, 9.17) is 0 Å². The van der Waals surface area contributed by atoms with E-state index in [1.807, 2.05) is 48.2 Å². The van der Waals surface area contributed by atoms with Gasteiger partial charge < -0.3 is 10.2 Å². The summed E-state index contributed by atoms with van der Waals surface area (Å²) in [5.74, 6) is -0.314. The number of hydrogen-bond donors (Lipinski definition) is 1. The number of benzene rings is 2. The lowest BCUT2D eigenvalue weighted by Crippen LogP contribution is -2.35. The van der Waals surface area contributed by atoms with Crippen LogP contribution in [-0.4, -0.2) is 18.4 Å². The van der Waals surface area contributed by atoms with Crippen LogP contribution in [0.2, 0.25) is 0 Å². The van der Waals surface area contributed by atoms with Gasteiger partial charge in [0.1, 0.15) is 0 Å². The Bertz CT molecular complexity index is 794. The number of carbonyl (C=O) groups is 2. The Morgan fingerprint density at radius 1 is 1.07 bits per heavy atom. The first-order valence-electron chi connectivity index (χ1n) is 9.81. The van der Waals surface area contributed by atoms with Gasteiger partial charge in [0.05, 0.1) is 12.0 Å². The summed E-state index contributed by atoms with van der Waals surface area (Å²) in [5.41, 5.74) is 4.42. The van der Waals surface area contributed by atoms with Gasteiger partial charge in [0.15, 0.2) is 0 Å². The topological polar surface area (TPSA) is 49.4 Å². The molecule has 0 radical (unpaired) electrons. The van der Waals surface area contributed by atoms with Gasteiger partial charge in [0.25, 0.3) is 0 Å². The molecule has 2 aromatic rings. The number of hydrogen-bond acceptors (Lipinski definition) is 2. The molecule has 2 atom stereocenters. The summed E-state index contributed by atoms with van der Waals surface area (Å²) in [5, 5.41) is 3.07. The van der Waals surface area contributed by atoms with Crippen LogP contribution in [0.25, 0.3) is 0 Å². The lowest BCUT2D eigenvalue weighted by molar-refractivity contribution is -0.126. The number of anilines is 1. The summed E-state index contributed by atoms with van der Waals surface area (Å²) in [6.07, 6.45) is 2.01. The van der Waals surface area contributed by atoms with Gasteiger partial charge in [0, 0.05) is 18.7 Å². The zero-order chi connectivity index (χ0) is 19.4. The molecule has 3 rings (SSSR count). The highest BCUT2D eigenvalue weighted by molar-refractivity contribution is 6.01. The fourth-order valence-electron chi connectivity index (χ4n) is 3.82. The van der Waals surface area contributed by atoms with Crippen molar-refractivity contribution in [3.05, 3.63) is 65.2 Å². The van der Waals surface area contributed by atoms with Crippen molar-refractivity contribution in [3.63, 3.8) is 0 Å². The zero-order valence-corrected chi connectivity index (χ0v) is 16.4. The third kappa shape index (κ3) is 4.05. The summed E-state index contributed by atoms with van der Waals surface area (Å²) in [7, 11) is 0. The molecule has 1 heterocycles. The quantitative estimate of drug-likeness (QED) is 0.841. The fraction of sp³-hybridized carbons (Fsp3) is 0.391. The molecule has 1 aliphatic heterocycles. The molecule has 0 spiro atoms. The molecule has 2 amide bonds. The second-order valence-corrected chi connectivity index (χ2v) is 7.18. The standard InChI is InChI=1S/C23H28N2O2/c1-4-17-12-9-13-18(5-2)22(17)25-15-20(14-21(25)26)23(27)24-16(3)19-10-7-6-8-11-19/h6-13,16,20H,4-5,14-15H2,1-3H3,(H,24,27)/t16-,20-/m0/s1. The maximum absolute atomic E-state index is 12.8. The molecule has 1 saturated heterocycles. The van der Waals surface area contributed by atoms with Crippen LogP contribution < -0.4 is 10.2 Å². The molecule has 0 bridgehead atoms. The molecule has 4 nitrogen and oxygen atoms in total. The summed E-state index contributed by atoms with van der Waals surface area (Å²) in [6, 6.07) is 16.0. The Labute approximate surface area is 161 Å². The first-order chi connectivity index (χ1) is 13.0. The predicted molar refractivity (Wildman–Crippen MR) is 109 cm³/mol. The van der Waals surface area contributed by atoms with Crippen LogP contribution in [-0.2, 0) is 22.4 Å². The van der Waals surface area contributed by atoms with Crippen molar-refractivity contribution in [2.24, 2.45) is 5.92 Å². The molecule has 1 aliphatic rings.